The number of carboxylic acid groups (broad SMARTS) is 1. The number of carbonyl (C=O) groups excluding carboxylic acids is 1. The second-order valence-corrected chi connectivity index (χ2v) is 4.92. The second-order valence-electron chi connectivity index (χ2n) is 4.92. The van der Waals surface area contributed by atoms with Gasteiger partial charge in [-0.3, -0.25) is 19.7 Å². The maximum atomic E-state index is 11.5. The smallest absolute Gasteiger partial charge is 0.303 e. The third-order valence-corrected chi connectivity index (χ3v) is 3.07. The van der Waals surface area contributed by atoms with Crippen LogP contribution >= 0.6 is 0 Å². The Bertz CT molecular complexity index is 586. The molecule has 23 heavy (non-hydrogen) atoms. The Labute approximate surface area is 133 Å². The highest BCUT2D eigenvalue weighted by atomic mass is 16.6. The first kappa shape index (κ1) is 18.3. The van der Waals surface area contributed by atoms with E-state index in [1.807, 2.05) is 0 Å². The maximum absolute atomic E-state index is 11.5. The Kier molecular flexibility index (Phi) is 7.98. The Hall–Kier alpha value is -2.77. The van der Waals surface area contributed by atoms with Crippen molar-refractivity contribution in [3.63, 3.8) is 0 Å². The van der Waals surface area contributed by atoms with E-state index in [0.29, 0.717) is 18.4 Å². The number of nitro benzene ring substituents is 1. The molecule has 0 aliphatic carbocycles. The van der Waals surface area contributed by atoms with Gasteiger partial charge in [-0.25, -0.2) is 5.43 Å². The van der Waals surface area contributed by atoms with Gasteiger partial charge in [0.2, 0.25) is 5.91 Å². The number of benzene rings is 1. The highest BCUT2D eigenvalue weighted by Crippen LogP contribution is 2.15. The molecule has 0 saturated heterocycles. The van der Waals surface area contributed by atoms with Gasteiger partial charge in [-0.05, 0) is 18.9 Å². The minimum Gasteiger partial charge on any atom is -0.481 e. The van der Waals surface area contributed by atoms with Gasteiger partial charge < -0.3 is 5.11 Å². The molecule has 1 rings (SSSR count). The molecule has 0 aliphatic heterocycles. The van der Waals surface area contributed by atoms with Gasteiger partial charge in [-0.15, -0.1) is 0 Å². The van der Waals surface area contributed by atoms with Crippen molar-refractivity contribution in [3.8, 4) is 0 Å². The van der Waals surface area contributed by atoms with Gasteiger partial charge in [-0.1, -0.05) is 25.0 Å². The van der Waals surface area contributed by atoms with Crippen LogP contribution in [-0.4, -0.2) is 28.1 Å². The zero-order valence-electron chi connectivity index (χ0n) is 12.6. The van der Waals surface area contributed by atoms with Crippen LogP contribution in [0.2, 0.25) is 0 Å². The first-order valence-electron chi connectivity index (χ1n) is 7.28. The predicted octanol–water partition coefficient (Wildman–Crippen LogP) is 2.47. The molecule has 0 radical (unpaired) electrons. The topological polar surface area (TPSA) is 122 Å². The van der Waals surface area contributed by atoms with Crippen LogP contribution in [0.15, 0.2) is 29.4 Å². The van der Waals surface area contributed by atoms with E-state index in [1.165, 1.54) is 18.3 Å². The molecule has 0 aromatic heterocycles. The summed E-state index contributed by atoms with van der Waals surface area (Å²) in [5.41, 5.74) is 2.55. The number of carboxylic acids is 1. The molecule has 0 heterocycles. The Balaban J connectivity index is 2.28. The summed E-state index contributed by atoms with van der Waals surface area (Å²) >= 11 is 0. The fourth-order valence-corrected chi connectivity index (χ4v) is 1.91. The third kappa shape index (κ3) is 7.70. The average molecular weight is 321 g/mol. The zero-order valence-corrected chi connectivity index (χ0v) is 12.6. The monoisotopic (exact) mass is 321 g/mol. The van der Waals surface area contributed by atoms with Crippen LogP contribution in [-0.2, 0) is 9.59 Å². The van der Waals surface area contributed by atoms with Gasteiger partial charge in [0, 0.05) is 18.9 Å². The van der Waals surface area contributed by atoms with Crippen molar-refractivity contribution in [3.05, 3.63) is 39.9 Å². The third-order valence-electron chi connectivity index (χ3n) is 3.07. The van der Waals surface area contributed by atoms with Crippen molar-refractivity contribution in [2.24, 2.45) is 5.10 Å². The van der Waals surface area contributed by atoms with Crippen molar-refractivity contribution in [2.45, 2.75) is 38.5 Å². The zero-order chi connectivity index (χ0) is 17.1. The number of carbonyl (C=O) groups is 2. The summed E-state index contributed by atoms with van der Waals surface area (Å²) in [6.07, 6.45) is 4.45. The minimum absolute atomic E-state index is 0.0797. The van der Waals surface area contributed by atoms with E-state index in [2.05, 4.69) is 10.5 Å². The lowest BCUT2D eigenvalue weighted by Crippen LogP contribution is -2.17. The van der Waals surface area contributed by atoms with Gasteiger partial charge in [-0.2, -0.15) is 5.10 Å². The molecule has 1 aromatic rings. The lowest BCUT2D eigenvalue weighted by Gasteiger charge is -2.00. The van der Waals surface area contributed by atoms with Gasteiger partial charge >= 0.3 is 5.97 Å². The summed E-state index contributed by atoms with van der Waals surface area (Å²) in [6.45, 7) is 0. The Morgan fingerprint density at radius 1 is 1.17 bits per heavy atom. The molecule has 8 nitrogen and oxygen atoms in total. The number of nitrogens with zero attached hydrogens (tertiary/aromatic N) is 2. The van der Waals surface area contributed by atoms with E-state index in [4.69, 9.17) is 5.11 Å². The molecule has 1 aromatic carbocycles. The highest BCUT2D eigenvalue weighted by molar-refractivity contribution is 5.86. The van der Waals surface area contributed by atoms with E-state index >= 15 is 0 Å². The lowest BCUT2D eigenvalue weighted by molar-refractivity contribution is -0.385. The van der Waals surface area contributed by atoms with Gasteiger partial charge in [0.05, 0.1) is 16.7 Å². The quantitative estimate of drug-likeness (QED) is 0.297. The number of amides is 1. The number of rotatable bonds is 10. The molecular weight excluding hydrogens is 302 g/mol. The first-order valence-corrected chi connectivity index (χ1v) is 7.28. The fraction of sp³-hybridized carbons (Fsp3) is 0.400. The molecule has 0 spiro atoms. The molecule has 124 valence electrons. The van der Waals surface area contributed by atoms with Crippen LogP contribution in [0.25, 0.3) is 0 Å². The molecule has 0 atom stereocenters. The van der Waals surface area contributed by atoms with Crippen molar-refractivity contribution >= 4 is 23.8 Å². The summed E-state index contributed by atoms with van der Waals surface area (Å²) in [5.74, 6) is -1.09. The minimum atomic E-state index is -0.813. The number of nitro groups is 1. The fourth-order valence-electron chi connectivity index (χ4n) is 1.91. The van der Waals surface area contributed by atoms with Gasteiger partial charge in [0.1, 0.15) is 0 Å². The van der Waals surface area contributed by atoms with Crippen LogP contribution in [0, 0.1) is 10.1 Å². The summed E-state index contributed by atoms with van der Waals surface area (Å²) in [6, 6.07) is 6.10. The van der Waals surface area contributed by atoms with E-state index in [9.17, 15) is 19.7 Å². The van der Waals surface area contributed by atoms with Crippen molar-refractivity contribution in [1.29, 1.82) is 0 Å². The number of para-hydroxylation sites is 1. The molecule has 0 bridgehead atoms. The predicted molar refractivity (Wildman–Crippen MR) is 84.2 cm³/mol. The van der Waals surface area contributed by atoms with Crippen LogP contribution in [0.1, 0.15) is 44.1 Å². The number of hydrogen-bond donors (Lipinski definition) is 2. The van der Waals surface area contributed by atoms with Gasteiger partial charge in [0.25, 0.3) is 5.69 Å². The Morgan fingerprint density at radius 3 is 2.48 bits per heavy atom. The largest absolute Gasteiger partial charge is 0.481 e. The molecule has 1 amide bonds. The van der Waals surface area contributed by atoms with E-state index in [0.717, 1.165) is 12.8 Å². The number of nitrogens with one attached hydrogen (secondary N) is 1. The second kappa shape index (κ2) is 10.0. The van der Waals surface area contributed by atoms with Crippen LogP contribution in [0.3, 0.4) is 0 Å². The van der Waals surface area contributed by atoms with Gasteiger partial charge in [0.15, 0.2) is 0 Å². The van der Waals surface area contributed by atoms with Crippen LogP contribution in [0.5, 0.6) is 0 Å². The molecule has 0 saturated carbocycles. The lowest BCUT2D eigenvalue weighted by atomic mass is 10.1. The van der Waals surface area contributed by atoms with Crippen molar-refractivity contribution < 1.29 is 19.6 Å². The van der Waals surface area contributed by atoms with E-state index in [-0.39, 0.29) is 24.4 Å². The van der Waals surface area contributed by atoms with E-state index in [1.54, 1.807) is 12.1 Å². The van der Waals surface area contributed by atoms with Crippen LogP contribution < -0.4 is 5.43 Å². The Morgan fingerprint density at radius 2 is 1.83 bits per heavy atom. The molecular formula is C15H19N3O5. The van der Waals surface area contributed by atoms with Crippen molar-refractivity contribution in [1.82, 2.24) is 5.43 Å². The first-order chi connectivity index (χ1) is 11.0. The molecule has 8 heteroatoms. The number of hydrazone groups is 1. The molecule has 0 fully saturated rings. The molecule has 2 N–H and O–H groups in total. The standard InChI is InChI=1S/C15H19N3O5/c19-14(9-3-1-2-4-10-15(20)21)17-16-11-12-7-5-6-8-13(12)18(22)23/h5-8,11H,1-4,9-10H2,(H,17,19)(H,20,21)/b16-11+. The molecule has 0 aliphatic rings. The number of aliphatic carboxylic acids is 1. The van der Waals surface area contributed by atoms with Crippen molar-refractivity contribution in [2.75, 3.05) is 0 Å². The normalized spacial score (nSPS) is 10.6. The molecule has 0 unspecified atom stereocenters. The average Bonchev–Trinajstić information content (AvgIpc) is 2.50. The SMILES string of the molecule is O=C(O)CCCCCCC(=O)N/N=C/c1ccccc1[N+](=O)[O-]. The highest BCUT2D eigenvalue weighted by Gasteiger charge is 2.10. The summed E-state index contributed by atoms with van der Waals surface area (Å²) in [7, 11) is 0. The van der Waals surface area contributed by atoms with Crippen LogP contribution in [0.4, 0.5) is 5.69 Å². The number of hydrogen-bond acceptors (Lipinski definition) is 5. The summed E-state index contributed by atoms with van der Waals surface area (Å²) in [5, 5.41) is 23.0. The van der Waals surface area contributed by atoms with E-state index < -0.39 is 10.9 Å². The summed E-state index contributed by atoms with van der Waals surface area (Å²) in [4.78, 5) is 32.2. The summed E-state index contributed by atoms with van der Waals surface area (Å²) < 4.78 is 0. The maximum Gasteiger partial charge on any atom is 0.303 e. The number of unbranched alkanes of at least 4 members (excludes halogenated alkanes) is 3.